The maximum absolute atomic E-state index is 5.35. The minimum atomic E-state index is 0.294. The molecule has 0 aliphatic rings. The Hall–Kier alpha value is -1.42. The van der Waals surface area contributed by atoms with Gasteiger partial charge in [0.1, 0.15) is 5.75 Å². The molecule has 0 N–H and O–H groups in total. The zero-order valence-corrected chi connectivity index (χ0v) is 9.00. The Balaban J connectivity index is 2.85. The smallest absolute Gasteiger partial charge is 0.119 e. The van der Waals surface area contributed by atoms with E-state index < -0.39 is 0 Å². The predicted octanol–water partition coefficient (Wildman–Crippen LogP) is 2.82. The average Bonchev–Trinajstić information content (AvgIpc) is 2.20. The van der Waals surface area contributed by atoms with Gasteiger partial charge in [0.2, 0.25) is 0 Å². The van der Waals surface area contributed by atoms with E-state index in [1.54, 1.807) is 7.11 Å². The molecule has 1 heteroatoms. The van der Waals surface area contributed by atoms with E-state index in [1.807, 2.05) is 12.1 Å². The summed E-state index contributed by atoms with van der Waals surface area (Å²) >= 11 is 0. The number of hydrogen-bond donors (Lipinski definition) is 0. The van der Waals surface area contributed by atoms with E-state index in [9.17, 15) is 0 Å². The fourth-order valence-electron chi connectivity index (χ4n) is 1.41. The average molecular weight is 188 g/mol. The Morgan fingerprint density at radius 3 is 2.71 bits per heavy atom. The Labute approximate surface area is 86.1 Å². The van der Waals surface area contributed by atoms with E-state index in [-0.39, 0.29) is 0 Å². The molecule has 14 heavy (non-hydrogen) atoms. The highest BCUT2D eigenvalue weighted by atomic mass is 16.5. The first kappa shape index (κ1) is 10.7. The number of benzene rings is 1. The molecule has 1 aromatic carbocycles. The standard InChI is InChI=1S/C13H16O/c1-5-10(2)8-12-6-7-13(14-4)9-11(12)3/h1,6-7,9-10H,8H2,2-4H3. The molecule has 0 spiro atoms. The van der Waals surface area contributed by atoms with Crippen LogP contribution in [-0.4, -0.2) is 7.11 Å². The molecule has 0 saturated carbocycles. The van der Waals surface area contributed by atoms with Crippen molar-refractivity contribution < 1.29 is 4.74 Å². The van der Waals surface area contributed by atoms with Crippen LogP contribution in [0.2, 0.25) is 0 Å². The number of terminal acetylenes is 1. The van der Waals surface area contributed by atoms with Crippen molar-refractivity contribution in [3.05, 3.63) is 29.3 Å². The highest BCUT2D eigenvalue weighted by molar-refractivity contribution is 5.35. The van der Waals surface area contributed by atoms with E-state index in [0.717, 1.165) is 12.2 Å². The second-order valence-electron chi connectivity index (χ2n) is 3.56. The summed E-state index contributed by atoms with van der Waals surface area (Å²) in [5.74, 6) is 3.93. The number of hydrogen-bond acceptors (Lipinski definition) is 1. The molecule has 0 bridgehead atoms. The zero-order chi connectivity index (χ0) is 10.6. The summed E-state index contributed by atoms with van der Waals surface area (Å²) in [4.78, 5) is 0. The van der Waals surface area contributed by atoms with Gasteiger partial charge in [-0.15, -0.1) is 12.3 Å². The topological polar surface area (TPSA) is 9.23 Å². The van der Waals surface area contributed by atoms with Crippen LogP contribution >= 0.6 is 0 Å². The van der Waals surface area contributed by atoms with Crippen molar-refractivity contribution in [3.63, 3.8) is 0 Å². The number of rotatable bonds is 3. The highest BCUT2D eigenvalue weighted by Gasteiger charge is 2.03. The molecule has 0 heterocycles. The molecule has 0 radical (unpaired) electrons. The first-order chi connectivity index (χ1) is 6.67. The summed E-state index contributed by atoms with van der Waals surface area (Å²) in [5, 5.41) is 0. The normalized spacial score (nSPS) is 11.9. The summed E-state index contributed by atoms with van der Waals surface area (Å²) in [6.07, 6.45) is 6.29. The molecule has 74 valence electrons. The van der Waals surface area contributed by atoms with Gasteiger partial charge in [-0.05, 0) is 36.6 Å². The summed E-state index contributed by atoms with van der Waals surface area (Å²) in [7, 11) is 1.68. The lowest BCUT2D eigenvalue weighted by Crippen LogP contribution is -1.98. The van der Waals surface area contributed by atoms with Gasteiger partial charge in [0.15, 0.2) is 0 Å². The van der Waals surface area contributed by atoms with Crippen LogP contribution in [0.15, 0.2) is 18.2 Å². The van der Waals surface area contributed by atoms with E-state index in [0.29, 0.717) is 5.92 Å². The third-order valence-electron chi connectivity index (χ3n) is 2.36. The van der Waals surface area contributed by atoms with Crippen LogP contribution in [0.4, 0.5) is 0 Å². The third-order valence-corrected chi connectivity index (χ3v) is 2.36. The summed E-state index contributed by atoms with van der Waals surface area (Å²) in [6, 6.07) is 6.10. The second kappa shape index (κ2) is 4.72. The summed E-state index contributed by atoms with van der Waals surface area (Å²) in [6.45, 7) is 4.14. The Morgan fingerprint density at radius 2 is 2.21 bits per heavy atom. The zero-order valence-electron chi connectivity index (χ0n) is 9.00. The van der Waals surface area contributed by atoms with Crippen molar-refractivity contribution in [2.45, 2.75) is 20.3 Å². The lowest BCUT2D eigenvalue weighted by molar-refractivity contribution is 0.414. The van der Waals surface area contributed by atoms with E-state index in [1.165, 1.54) is 11.1 Å². The van der Waals surface area contributed by atoms with Crippen LogP contribution in [-0.2, 0) is 6.42 Å². The largest absolute Gasteiger partial charge is 0.497 e. The van der Waals surface area contributed by atoms with Crippen molar-refractivity contribution in [3.8, 4) is 18.1 Å². The Kier molecular flexibility index (Phi) is 3.59. The van der Waals surface area contributed by atoms with E-state index in [2.05, 4.69) is 25.8 Å². The van der Waals surface area contributed by atoms with Crippen LogP contribution in [0.25, 0.3) is 0 Å². The molecule has 0 aliphatic carbocycles. The highest BCUT2D eigenvalue weighted by Crippen LogP contribution is 2.19. The first-order valence-electron chi connectivity index (χ1n) is 4.77. The molecule has 1 rings (SSSR count). The lowest BCUT2D eigenvalue weighted by Gasteiger charge is -2.09. The SMILES string of the molecule is C#CC(C)Cc1ccc(OC)cc1C. The monoisotopic (exact) mass is 188 g/mol. The number of methoxy groups -OCH3 is 1. The van der Waals surface area contributed by atoms with Gasteiger partial charge in [-0.3, -0.25) is 0 Å². The second-order valence-corrected chi connectivity index (χ2v) is 3.56. The minimum absolute atomic E-state index is 0.294. The molecule has 1 unspecified atom stereocenters. The minimum Gasteiger partial charge on any atom is -0.497 e. The van der Waals surface area contributed by atoms with Gasteiger partial charge >= 0.3 is 0 Å². The molecule has 0 amide bonds. The number of ether oxygens (including phenoxy) is 1. The molecule has 0 saturated heterocycles. The molecule has 1 aromatic rings. The first-order valence-corrected chi connectivity index (χ1v) is 4.77. The van der Waals surface area contributed by atoms with Gasteiger partial charge in [0.25, 0.3) is 0 Å². The summed E-state index contributed by atoms with van der Waals surface area (Å²) in [5.41, 5.74) is 2.54. The molecule has 0 aromatic heterocycles. The maximum Gasteiger partial charge on any atom is 0.119 e. The lowest BCUT2D eigenvalue weighted by atomic mass is 9.98. The van der Waals surface area contributed by atoms with Gasteiger partial charge in [-0.25, -0.2) is 0 Å². The van der Waals surface area contributed by atoms with Crippen molar-refractivity contribution in [2.75, 3.05) is 7.11 Å². The van der Waals surface area contributed by atoms with Crippen molar-refractivity contribution in [2.24, 2.45) is 5.92 Å². The van der Waals surface area contributed by atoms with Crippen LogP contribution in [0, 0.1) is 25.2 Å². The van der Waals surface area contributed by atoms with Crippen LogP contribution in [0.5, 0.6) is 5.75 Å². The van der Waals surface area contributed by atoms with Crippen molar-refractivity contribution >= 4 is 0 Å². The Bertz CT molecular complexity index is 347. The quantitative estimate of drug-likeness (QED) is 0.663. The van der Waals surface area contributed by atoms with Crippen LogP contribution in [0.3, 0.4) is 0 Å². The fraction of sp³-hybridized carbons (Fsp3) is 0.385. The molecule has 0 aliphatic heterocycles. The van der Waals surface area contributed by atoms with E-state index in [4.69, 9.17) is 11.2 Å². The fourth-order valence-corrected chi connectivity index (χ4v) is 1.41. The van der Waals surface area contributed by atoms with Crippen molar-refractivity contribution in [1.82, 2.24) is 0 Å². The van der Waals surface area contributed by atoms with Crippen molar-refractivity contribution in [1.29, 1.82) is 0 Å². The molecule has 0 fully saturated rings. The summed E-state index contributed by atoms with van der Waals surface area (Å²) < 4.78 is 5.14. The van der Waals surface area contributed by atoms with Gasteiger partial charge < -0.3 is 4.74 Å². The van der Waals surface area contributed by atoms with Crippen LogP contribution < -0.4 is 4.74 Å². The maximum atomic E-state index is 5.35. The van der Waals surface area contributed by atoms with Gasteiger partial charge in [0.05, 0.1) is 7.11 Å². The molecular weight excluding hydrogens is 172 g/mol. The van der Waals surface area contributed by atoms with E-state index >= 15 is 0 Å². The third kappa shape index (κ3) is 2.53. The molecule has 1 atom stereocenters. The number of aryl methyl sites for hydroxylation is 1. The van der Waals surface area contributed by atoms with Crippen LogP contribution in [0.1, 0.15) is 18.1 Å². The predicted molar refractivity (Wildman–Crippen MR) is 59.4 cm³/mol. The Morgan fingerprint density at radius 1 is 1.50 bits per heavy atom. The molecular formula is C13H16O. The van der Waals surface area contributed by atoms with Gasteiger partial charge in [0, 0.05) is 5.92 Å². The van der Waals surface area contributed by atoms with Gasteiger partial charge in [-0.1, -0.05) is 13.0 Å². The van der Waals surface area contributed by atoms with Gasteiger partial charge in [-0.2, -0.15) is 0 Å². The molecule has 1 nitrogen and oxygen atoms in total.